The quantitative estimate of drug-likeness (QED) is 0.725. The predicted molar refractivity (Wildman–Crippen MR) is 123 cm³/mol. The highest BCUT2D eigenvalue weighted by Gasteiger charge is 2.42. The highest BCUT2D eigenvalue weighted by molar-refractivity contribution is 9.10. The van der Waals surface area contributed by atoms with Crippen molar-refractivity contribution in [3.8, 4) is 0 Å². The number of nitrogens with zero attached hydrogens (tertiary/aromatic N) is 2. The molecule has 0 radical (unpaired) electrons. The van der Waals surface area contributed by atoms with Gasteiger partial charge in [0, 0.05) is 60.2 Å². The van der Waals surface area contributed by atoms with Crippen LogP contribution in [0.4, 0.5) is 5.69 Å². The van der Waals surface area contributed by atoms with Crippen molar-refractivity contribution in [2.75, 3.05) is 31.1 Å². The van der Waals surface area contributed by atoms with E-state index in [1.807, 2.05) is 36.9 Å². The molecule has 0 saturated carbocycles. The molecular weight excluding hydrogens is 442 g/mol. The second-order valence-electron chi connectivity index (χ2n) is 8.64. The zero-order valence-electron chi connectivity index (χ0n) is 17.5. The Balaban J connectivity index is 1.42. The lowest BCUT2D eigenvalue weighted by atomic mass is 10.0. The molecule has 2 N–H and O–H groups in total. The topological polar surface area (TPSA) is 66.6 Å². The van der Waals surface area contributed by atoms with Crippen molar-refractivity contribution in [1.29, 1.82) is 0 Å². The molecule has 2 amide bonds. The molecule has 2 fully saturated rings. The SMILES string of the molecule is Cc1ccc(Br)c(C)c1C(=O)N1CC2CN(c3cccc(CCC(N)=O)c3)CC2C1. The molecular formula is C24H28BrN3O2. The first-order chi connectivity index (χ1) is 14.3. The van der Waals surface area contributed by atoms with E-state index in [0.29, 0.717) is 24.7 Å². The number of fused-ring (bicyclic) bond motifs is 1. The summed E-state index contributed by atoms with van der Waals surface area (Å²) in [5, 5.41) is 0. The Bertz CT molecular complexity index is 976. The van der Waals surface area contributed by atoms with E-state index in [9.17, 15) is 9.59 Å². The Hall–Kier alpha value is -2.34. The molecule has 2 saturated heterocycles. The summed E-state index contributed by atoms with van der Waals surface area (Å²) in [5.41, 5.74) is 10.5. The zero-order chi connectivity index (χ0) is 21.4. The first-order valence-corrected chi connectivity index (χ1v) is 11.3. The van der Waals surface area contributed by atoms with Crippen LogP contribution in [0.2, 0.25) is 0 Å². The number of likely N-dealkylation sites (tertiary alicyclic amines) is 1. The molecule has 5 nitrogen and oxygen atoms in total. The molecule has 2 unspecified atom stereocenters. The number of anilines is 1. The molecule has 30 heavy (non-hydrogen) atoms. The van der Waals surface area contributed by atoms with Crippen molar-refractivity contribution in [2.24, 2.45) is 17.6 Å². The maximum Gasteiger partial charge on any atom is 0.254 e. The van der Waals surface area contributed by atoms with Gasteiger partial charge in [-0.25, -0.2) is 0 Å². The van der Waals surface area contributed by atoms with Gasteiger partial charge >= 0.3 is 0 Å². The van der Waals surface area contributed by atoms with E-state index in [-0.39, 0.29) is 11.8 Å². The van der Waals surface area contributed by atoms with Gasteiger partial charge in [0.25, 0.3) is 5.91 Å². The third-order valence-electron chi connectivity index (χ3n) is 6.53. The van der Waals surface area contributed by atoms with Crippen LogP contribution in [-0.4, -0.2) is 42.9 Å². The molecule has 2 aromatic carbocycles. The number of nitrogens with two attached hydrogens (primary N) is 1. The molecule has 2 aliphatic rings. The van der Waals surface area contributed by atoms with Gasteiger partial charge in [-0.05, 0) is 55.2 Å². The van der Waals surface area contributed by atoms with Gasteiger partial charge in [0.1, 0.15) is 0 Å². The summed E-state index contributed by atoms with van der Waals surface area (Å²) in [5.74, 6) is 0.879. The number of carbonyl (C=O) groups is 2. The van der Waals surface area contributed by atoms with E-state index in [1.54, 1.807) is 0 Å². The van der Waals surface area contributed by atoms with E-state index in [0.717, 1.165) is 52.9 Å². The van der Waals surface area contributed by atoms with Crippen molar-refractivity contribution >= 4 is 33.4 Å². The summed E-state index contributed by atoms with van der Waals surface area (Å²) in [6, 6.07) is 12.4. The van der Waals surface area contributed by atoms with Crippen LogP contribution < -0.4 is 10.6 Å². The first-order valence-electron chi connectivity index (χ1n) is 10.5. The van der Waals surface area contributed by atoms with Gasteiger partial charge in [-0.1, -0.05) is 34.1 Å². The Morgan fingerprint density at radius 2 is 1.77 bits per heavy atom. The molecule has 158 valence electrons. The highest BCUT2D eigenvalue weighted by Crippen LogP contribution is 2.36. The molecule has 6 heteroatoms. The van der Waals surface area contributed by atoms with Crippen LogP contribution in [-0.2, 0) is 11.2 Å². The molecule has 0 aliphatic carbocycles. The Morgan fingerprint density at radius 3 is 2.43 bits per heavy atom. The van der Waals surface area contributed by atoms with Gasteiger partial charge in [-0.2, -0.15) is 0 Å². The number of benzene rings is 2. The van der Waals surface area contributed by atoms with Gasteiger partial charge in [-0.3, -0.25) is 9.59 Å². The van der Waals surface area contributed by atoms with Gasteiger partial charge in [0.2, 0.25) is 5.91 Å². The number of hydrogen-bond donors (Lipinski definition) is 1. The molecule has 0 spiro atoms. The predicted octanol–water partition coefficient (Wildman–Crippen LogP) is 3.69. The van der Waals surface area contributed by atoms with E-state index >= 15 is 0 Å². The molecule has 4 rings (SSSR count). The number of aryl methyl sites for hydroxylation is 2. The van der Waals surface area contributed by atoms with Crippen LogP contribution in [0, 0.1) is 25.7 Å². The lowest BCUT2D eigenvalue weighted by Gasteiger charge is -2.25. The van der Waals surface area contributed by atoms with Crippen molar-refractivity contribution in [3.63, 3.8) is 0 Å². The lowest BCUT2D eigenvalue weighted by Crippen LogP contribution is -2.34. The van der Waals surface area contributed by atoms with E-state index in [1.165, 1.54) is 5.69 Å². The smallest absolute Gasteiger partial charge is 0.254 e. The molecule has 0 aromatic heterocycles. The Labute approximate surface area is 186 Å². The van der Waals surface area contributed by atoms with Crippen LogP contribution in [0.1, 0.15) is 33.5 Å². The van der Waals surface area contributed by atoms with E-state index < -0.39 is 0 Å². The minimum Gasteiger partial charge on any atom is -0.371 e. The van der Waals surface area contributed by atoms with Gasteiger partial charge in [0.05, 0.1) is 0 Å². The fourth-order valence-electron chi connectivity index (χ4n) is 4.85. The van der Waals surface area contributed by atoms with Gasteiger partial charge < -0.3 is 15.5 Å². The third kappa shape index (κ3) is 4.10. The summed E-state index contributed by atoms with van der Waals surface area (Å²) >= 11 is 3.56. The average molecular weight is 470 g/mol. The van der Waals surface area contributed by atoms with E-state index in [4.69, 9.17) is 5.73 Å². The summed E-state index contributed by atoms with van der Waals surface area (Å²) in [7, 11) is 0. The first kappa shape index (κ1) is 20.9. The lowest BCUT2D eigenvalue weighted by molar-refractivity contribution is -0.117. The average Bonchev–Trinajstić information content (AvgIpc) is 3.29. The van der Waals surface area contributed by atoms with Crippen LogP contribution in [0.25, 0.3) is 0 Å². The number of amides is 2. The third-order valence-corrected chi connectivity index (χ3v) is 7.39. The summed E-state index contributed by atoms with van der Waals surface area (Å²) in [6.07, 6.45) is 1.05. The maximum absolute atomic E-state index is 13.2. The summed E-state index contributed by atoms with van der Waals surface area (Å²) < 4.78 is 0.984. The van der Waals surface area contributed by atoms with Gasteiger partial charge in [-0.15, -0.1) is 0 Å². The minimum atomic E-state index is -0.267. The number of rotatable bonds is 5. The van der Waals surface area contributed by atoms with E-state index in [2.05, 4.69) is 39.0 Å². The fourth-order valence-corrected chi connectivity index (χ4v) is 5.19. The van der Waals surface area contributed by atoms with Crippen LogP contribution in [0.3, 0.4) is 0 Å². The summed E-state index contributed by atoms with van der Waals surface area (Å²) in [6.45, 7) is 7.57. The van der Waals surface area contributed by atoms with Crippen molar-refractivity contribution in [2.45, 2.75) is 26.7 Å². The molecule has 2 atom stereocenters. The number of hydrogen-bond acceptors (Lipinski definition) is 3. The largest absolute Gasteiger partial charge is 0.371 e. The van der Waals surface area contributed by atoms with Crippen LogP contribution in [0.5, 0.6) is 0 Å². The monoisotopic (exact) mass is 469 g/mol. The Morgan fingerprint density at radius 1 is 1.07 bits per heavy atom. The van der Waals surface area contributed by atoms with Crippen LogP contribution >= 0.6 is 15.9 Å². The second-order valence-corrected chi connectivity index (χ2v) is 9.49. The summed E-state index contributed by atoms with van der Waals surface area (Å²) in [4.78, 5) is 28.8. The zero-order valence-corrected chi connectivity index (χ0v) is 19.1. The number of carbonyl (C=O) groups excluding carboxylic acids is 2. The van der Waals surface area contributed by atoms with Crippen molar-refractivity contribution < 1.29 is 9.59 Å². The minimum absolute atomic E-state index is 0.153. The standard InChI is InChI=1S/C24H28BrN3O2/c1-15-6-8-21(25)16(2)23(15)24(30)28-13-18-11-27(12-19(18)14-28)20-5-3-4-17(10-20)7-9-22(26)29/h3-6,8,10,18-19H,7,9,11-14H2,1-2H3,(H2,26,29). The normalized spacial score (nSPS) is 20.5. The molecule has 2 heterocycles. The molecule has 2 aliphatic heterocycles. The van der Waals surface area contributed by atoms with Gasteiger partial charge in [0.15, 0.2) is 0 Å². The fraction of sp³-hybridized carbons (Fsp3) is 0.417. The molecule has 0 bridgehead atoms. The van der Waals surface area contributed by atoms with Crippen molar-refractivity contribution in [1.82, 2.24) is 4.90 Å². The van der Waals surface area contributed by atoms with Crippen LogP contribution in [0.15, 0.2) is 40.9 Å². The molecule has 2 aromatic rings. The number of primary amides is 1. The van der Waals surface area contributed by atoms with Crippen molar-refractivity contribution in [3.05, 3.63) is 63.1 Å². The Kier molecular flexibility index (Phi) is 5.87. The second kappa shape index (κ2) is 8.42. The maximum atomic E-state index is 13.2. The number of halogens is 1. The highest BCUT2D eigenvalue weighted by atomic mass is 79.9.